The lowest BCUT2D eigenvalue weighted by atomic mass is 10.2. The van der Waals surface area contributed by atoms with Crippen LogP contribution in [0.25, 0.3) is 0 Å². The van der Waals surface area contributed by atoms with Crippen molar-refractivity contribution in [2.75, 3.05) is 27.2 Å². The monoisotopic (exact) mass is 294 g/mol. The zero-order chi connectivity index (χ0) is 13.5. The quantitative estimate of drug-likeness (QED) is 0.872. The van der Waals surface area contributed by atoms with Crippen molar-refractivity contribution >= 4 is 18.3 Å². The van der Waals surface area contributed by atoms with Gasteiger partial charge in [0.25, 0.3) is 5.91 Å². The molecule has 108 valence electrons. The number of alkyl halides is 2. The molecule has 1 amide bonds. The van der Waals surface area contributed by atoms with E-state index >= 15 is 0 Å². The van der Waals surface area contributed by atoms with Crippen molar-refractivity contribution in [2.24, 2.45) is 0 Å². The summed E-state index contributed by atoms with van der Waals surface area (Å²) >= 11 is 0. The number of benzene rings is 1. The first-order valence-electron chi connectivity index (χ1n) is 5.49. The summed E-state index contributed by atoms with van der Waals surface area (Å²) in [6.07, 6.45) is 0. The van der Waals surface area contributed by atoms with E-state index in [-0.39, 0.29) is 24.1 Å². The molecule has 4 nitrogen and oxygen atoms in total. The summed E-state index contributed by atoms with van der Waals surface area (Å²) < 4.78 is 28.4. The highest BCUT2D eigenvalue weighted by Crippen LogP contribution is 2.16. The topological polar surface area (TPSA) is 41.6 Å². The van der Waals surface area contributed by atoms with Gasteiger partial charge >= 0.3 is 6.61 Å². The predicted octanol–water partition coefficient (Wildman–Crippen LogP) is 2.00. The second kappa shape index (κ2) is 8.66. The van der Waals surface area contributed by atoms with E-state index in [1.807, 2.05) is 0 Å². The molecule has 0 radical (unpaired) electrons. The molecule has 0 aromatic heterocycles. The van der Waals surface area contributed by atoms with Crippen LogP contribution >= 0.6 is 12.4 Å². The number of halogens is 3. The van der Waals surface area contributed by atoms with Gasteiger partial charge in [-0.3, -0.25) is 4.79 Å². The number of nitrogens with zero attached hydrogens (tertiary/aromatic N) is 1. The Morgan fingerprint density at radius 1 is 1.47 bits per heavy atom. The van der Waals surface area contributed by atoms with Crippen LogP contribution in [-0.2, 0) is 0 Å². The maximum atomic E-state index is 12.1. The second-order valence-electron chi connectivity index (χ2n) is 3.74. The third-order valence-corrected chi connectivity index (χ3v) is 2.35. The van der Waals surface area contributed by atoms with Gasteiger partial charge in [-0.05, 0) is 25.2 Å². The molecule has 0 fully saturated rings. The third kappa shape index (κ3) is 5.85. The highest BCUT2D eigenvalue weighted by molar-refractivity contribution is 5.94. The minimum Gasteiger partial charge on any atom is -0.435 e. The number of hydrogen-bond acceptors (Lipinski definition) is 3. The van der Waals surface area contributed by atoms with Gasteiger partial charge in [-0.15, -0.1) is 12.4 Å². The average molecular weight is 295 g/mol. The molecule has 0 saturated heterocycles. The molecule has 0 unspecified atom stereocenters. The summed E-state index contributed by atoms with van der Waals surface area (Å²) in [5, 5.41) is 2.92. The van der Waals surface area contributed by atoms with Gasteiger partial charge in [0, 0.05) is 25.7 Å². The lowest BCUT2D eigenvalue weighted by Crippen LogP contribution is -2.32. The fourth-order valence-electron chi connectivity index (χ4n) is 1.41. The number of ether oxygens (including phenoxy) is 1. The Morgan fingerprint density at radius 3 is 2.74 bits per heavy atom. The molecule has 19 heavy (non-hydrogen) atoms. The van der Waals surface area contributed by atoms with E-state index in [4.69, 9.17) is 0 Å². The summed E-state index contributed by atoms with van der Waals surface area (Å²) in [7, 11) is 3.44. The Labute approximate surface area is 117 Å². The van der Waals surface area contributed by atoms with E-state index in [2.05, 4.69) is 10.1 Å². The summed E-state index contributed by atoms with van der Waals surface area (Å²) in [4.78, 5) is 13.5. The van der Waals surface area contributed by atoms with Crippen LogP contribution in [0, 0.1) is 0 Å². The lowest BCUT2D eigenvalue weighted by molar-refractivity contribution is -0.0499. The molecule has 0 bridgehead atoms. The number of carbonyl (C=O) groups is 1. The number of rotatable bonds is 6. The Kier molecular flexibility index (Phi) is 8.02. The Morgan fingerprint density at radius 2 is 2.16 bits per heavy atom. The molecular formula is C12H17ClF2N2O2. The fraction of sp³-hybridized carbons (Fsp3) is 0.417. The number of amides is 1. The first-order chi connectivity index (χ1) is 8.54. The van der Waals surface area contributed by atoms with Crippen LogP contribution in [0.4, 0.5) is 8.78 Å². The molecular weight excluding hydrogens is 278 g/mol. The van der Waals surface area contributed by atoms with Gasteiger partial charge in [-0.1, -0.05) is 6.07 Å². The van der Waals surface area contributed by atoms with E-state index in [1.165, 1.54) is 23.1 Å². The van der Waals surface area contributed by atoms with Gasteiger partial charge in [0.2, 0.25) is 0 Å². The molecule has 0 heterocycles. The molecule has 1 aromatic rings. The number of nitrogens with one attached hydrogen (secondary N) is 1. The van der Waals surface area contributed by atoms with E-state index < -0.39 is 6.61 Å². The largest absolute Gasteiger partial charge is 0.435 e. The molecule has 0 aliphatic carbocycles. The SMILES string of the molecule is CNCCN(C)C(=O)c1cccc(OC(F)F)c1.Cl. The molecule has 7 heteroatoms. The molecule has 0 atom stereocenters. The van der Waals surface area contributed by atoms with E-state index in [0.29, 0.717) is 18.7 Å². The van der Waals surface area contributed by atoms with Crippen molar-refractivity contribution in [3.05, 3.63) is 29.8 Å². The van der Waals surface area contributed by atoms with Crippen LogP contribution in [0.5, 0.6) is 5.75 Å². The van der Waals surface area contributed by atoms with Gasteiger partial charge < -0.3 is 15.0 Å². The molecule has 1 aromatic carbocycles. The first kappa shape index (κ1) is 17.6. The minimum atomic E-state index is -2.89. The first-order valence-corrected chi connectivity index (χ1v) is 5.49. The summed E-state index contributed by atoms with van der Waals surface area (Å²) in [5.74, 6) is -0.247. The summed E-state index contributed by atoms with van der Waals surface area (Å²) in [6.45, 7) is -1.69. The van der Waals surface area contributed by atoms with Gasteiger partial charge in [0.15, 0.2) is 0 Å². The van der Waals surface area contributed by atoms with Crippen molar-refractivity contribution in [1.82, 2.24) is 10.2 Å². The predicted molar refractivity (Wildman–Crippen MR) is 71.2 cm³/mol. The van der Waals surface area contributed by atoms with Crippen molar-refractivity contribution in [2.45, 2.75) is 6.61 Å². The van der Waals surface area contributed by atoms with Gasteiger partial charge in [0.1, 0.15) is 5.75 Å². The molecule has 0 spiro atoms. The highest BCUT2D eigenvalue weighted by atomic mass is 35.5. The van der Waals surface area contributed by atoms with Crippen molar-refractivity contribution in [3.8, 4) is 5.75 Å². The van der Waals surface area contributed by atoms with Crippen LogP contribution in [0.2, 0.25) is 0 Å². The van der Waals surface area contributed by atoms with Crippen molar-refractivity contribution in [3.63, 3.8) is 0 Å². The average Bonchev–Trinajstić information content (AvgIpc) is 2.34. The van der Waals surface area contributed by atoms with E-state index in [0.717, 1.165) is 0 Å². The standard InChI is InChI=1S/C12H16F2N2O2.ClH/c1-15-6-7-16(2)11(17)9-4-3-5-10(8-9)18-12(13)14;/h3-5,8,12,15H,6-7H2,1-2H3;1H. The summed E-state index contributed by atoms with van der Waals surface area (Å²) in [5.41, 5.74) is 0.326. The Bertz CT molecular complexity index is 405. The normalized spacial score (nSPS) is 9.95. The minimum absolute atomic E-state index is 0. The molecule has 0 saturated carbocycles. The lowest BCUT2D eigenvalue weighted by Gasteiger charge is -2.17. The smallest absolute Gasteiger partial charge is 0.387 e. The second-order valence-corrected chi connectivity index (χ2v) is 3.74. The summed E-state index contributed by atoms with van der Waals surface area (Å²) in [6, 6.07) is 5.77. The van der Waals surface area contributed by atoms with Crippen LogP contribution in [0.3, 0.4) is 0 Å². The van der Waals surface area contributed by atoms with E-state index in [1.54, 1.807) is 20.2 Å². The maximum Gasteiger partial charge on any atom is 0.387 e. The Balaban J connectivity index is 0.00000324. The third-order valence-electron chi connectivity index (χ3n) is 2.35. The number of hydrogen-bond donors (Lipinski definition) is 1. The van der Waals surface area contributed by atoms with Gasteiger partial charge in [-0.25, -0.2) is 0 Å². The number of likely N-dealkylation sites (N-methyl/N-ethyl adjacent to an activating group) is 2. The van der Waals surface area contributed by atoms with Gasteiger partial charge in [-0.2, -0.15) is 8.78 Å². The Hall–Kier alpha value is -1.40. The van der Waals surface area contributed by atoms with Crippen LogP contribution < -0.4 is 10.1 Å². The maximum absolute atomic E-state index is 12.1. The van der Waals surface area contributed by atoms with Crippen LogP contribution in [0.1, 0.15) is 10.4 Å². The van der Waals surface area contributed by atoms with Crippen molar-refractivity contribution < 1.29 is 18.3 Å². The van der Waals surface area contributed by atoms with E-state index in [9.17, 15) is 13.6 Å². The number of carbonyl (C=O) groups excluding carboxylic acids is 1. The zero-order valence-corrected chi connectivity index (χ0v) is 11.5. The van der Waals surface area contributed by atoms with Crippen molar-refractivity contribution in [1.29, 1.82) is 0 Å². The van der Waals surface area contributed by atoms with Crippen LogP contribution in [0.15, 0.2) is 24.3 Å². The fourth-order valence-corrected chi connectivity index (χ4v) is 1.41. The molecule has 0 aliphatic heterocycles. The molecule has 1 rings (SSSR count). The highest BCUT2D eigenvalue weighted by Gasteiger charge is 2.13. The molecule has 1 N–H and O–H groups in total. The zero-order valence-electron chi connectivity index (χ0n) is 10.7. The van der Waals surface area contributed by atoms with Gasteiger partial charge in [0.05, 0.1) is 0 Å². The van der Waals surface area contributed by atoms with Crippen LogP contribution in [-0.4, -0.2) is 44.6 Å². The molecule has 0 aliphatic rings.